The lowest BCUT2D eigenvalue weighted by Gasteiger charge is -2.26. The SMILES string of the molecule is CC(C)C[C@H](NC(=O)[C@H](CO)NC(=O)[C@H](CCCN=C(N)N)NC(=O)[C@H](CCCN=C(N)N)NC(=O)CNC(=O)CNC(=O)CNC(=O)CNC(=O)CNC(=O)CNC(=O)CN)C(=O)NCC(=O)O. The van der Waals surface area contributed by atoms with Crippen LogP contribution >= 0.6 is 0 Å². The van der Waals surface area contributed by atoms with Gasteiger partial charge in [0.1, 0.15) is 30.7 Å². The molecule has 0 aliphatic carbocycles. The molecule has 0 saturated heterocycles. The van der Waals surface area contributed by atoms with Gasteiger partial charge in [0.15, 0.2) is 11.9 Å². The number of carbonyl (C=O) groups excluding carboxylic acids is 11. The third-order valence-electron chi connectivity index (χ3n) is 8.61. The van der Waals surface area contributed by atoms with Gasteiger partial charge in [-0.25, -0.2) is 0 Å². The van der Waals surface area contributed by atoms with Gasteiger partial charge < -0.3 is 97.4 Å². The van der Waals surface area contributed by atoms with E-state index in [0.717, 1.165) is 0 Å². The summed E-state index contributed by atoms with van der Waals surface area (Å²) in [5, 5.41) is 44.0. The number of aliphatic imine (C=N–C) groups is 2. The summed E-state index contributed by atoms with van der Waals surface area (Å²) in [7, 11) is 0. The predicted octanol–water partition coefficient (Wildman–Crippen LogP) is -11.1. The minimum Gasteiger partial charge on any atom is -0.480 e. The van der Waals surface area contributed by atoms with Crippen LogP contribution in [0.3, 0.4) is 0 Å². The quantitative estimate of drug-likeness (QED) is 0.0162. The Morgan fingerprint density at radius 1 is 0.449 bits per heavy atom. The van der Waals surface area contributed by atoms with E-state index in [0.29, 0.717) is 0 Å². The molecule has 0 aromatic carbocycles. The first kappa shape index (κ1) is 61.1. The van der Waals surface area contributed by atoms with Gasteiger partial charge in [0, 0.05) is 13.1 Å². The van der Waals surface area contributed by atoms with Gasteiger partial charge in [-0.05, 0) is 38.0 Å². The maximum Gasteiger partial charge on any atom is 0.322 e. The zero-order valence-corrected chi connectivity index (χ0v) is 38.3. The van der Waals surface area contributed by atoms with Crippen molar-refractivity contribution in [2.75, 3.05) is 72.1 Å². The van der Waals surface area contributed by atoms with E-state index in [1.165, 1.54) is 0 Å². The van der Waals surface area contributed by atoms with Crippen molar-refractivity contribution in [1.82, 2.24) is 58.5 Å². The Morgan fingerprint density at radius 2 is 0.797 bits per heavy atom. The second-order valence-electron chi connectivity index (χ2n) is 15.0. The summed E-state index contributed by atoms with van der Waals surface area (Å²) in [6.45, 7) is -2.09. The number of amides is 11. The molecular formula is C37H66N18O14. The summed E-state index contributed by atoms with van der Waals surface area (Å²) >= 11 is 0. The van der Waals surface area contributed by atoms with E-state index >= 15 is 0 Å². The van der Waals surface area contributed by atoms with E-state index in [1.54, 1.807) is 13.8 Å². The molecule has 0 aromatic heterocycles. The smallest absolute Gasteiger partial charge is 0.322 e. The van der Waals surface area contributed by atoms with Crippen molar-refractivity contribution in [3.8, 4) is 0 Å². The Hall–Kier alpha value is -7.90. The van der Waals surface area contributed by atoms with Gasteiger partial charge >= 0.3 is 5.97 Å². The monoisotopic (exact) mass is 987 g/mol. The fourth-order valence-corrected chi connectivity index (χ4v) is 5.25. The molecule has 0 rings (SSSR count). The normalized spacial score (nSPS) is 12.1. The number of carboxylic acid groups (broad SMARTS) is 1. The first-order chi connectivity index (χ1) is 32.5. The Labute approximate surface area is 395 Å². The van der Waals surface area contributed by atoms with E-state index in [2.05, 4.69) is 68.5 Å². The van der Waals surface area contributed by atoms with Crippen LogP contribution in [0, 0.1) is 5.92 Å². The Balaban J connectivity index is 5.59. The number of aliphatic hydroxyl groups is 1. The number of aliphatic carboxylic acids is 1. The number of nitrogens with zero attached hydrogens (tertiary/aromatic N) is 2. The van der Waals surface area contributed by atoms with Crippen molar-refractivity contribution in [3.05, 3.63) is 0 Å². The molecule has 32 nitrogen and oxygen atoms in total. The van der Waals surface area contributed by atoms with Crippen LogP contribution in [0.25, 0.3) is 0 Å². The van der Waals surface area contributed by atoms with Gasteiger partial charge in [0.05, 0.1) is 52.4 Å². The maximum absolute atomic E-state index is 13.7. The van der Waals surface area contributed by atoms with Crippen molar-refractivity contribution in [2.45, 2.75) is 70.1 Å². The topological polar surface area (TPSA) is 532 Å². The summed E-state index contributed by atoms with van der Waals surface area (Å²) < 4.78 is 0. The average molecular weight is 987 g/mol. The number of nitrogens with one attached hydrogen (secondary N) is 11. The number of nitrogens with two attached hydrogens (primary N) is 5. The zero-order valence-electron chi connectivity index (χ0n) is 38.3. The third kappa shape index (κ3) is 30.8. The fourth-order valence-electron chi connectivity index (χ4n) is 5.25. The molecule has 32 heteroatoms. The number of hydrogen-bond acceptors (Lipinski definition) is 16. The molecule has 0 bridgehead atoms. The minimum absolute atomic E-state index is 0.00745. The first-order valence-electron chi connectivity index (χ1n) is 21.2. The summed E-state index contributed by atoms with van der Waals surface area (Å²) in [6, 6.07) is -5.76. The van der Waals surface area contributed by atoms with Crippen molar-refractivity contribution in [1.29, 1.82) is 0 Å². The number of aliphatic hydroxyl groups excluding tert-OH is 1. The summed E-state index contributed by atoms with van der Waals surface area (Å²) in [4.78, 5) is 156. The molecule has 0 spiro atoms. The van der Waals surface area contributed by atoms with Gasteiger partial charge in [-0.1, -0.05) is 13.8 Å². The highest BCUT2D eigenvalue weighted by Gasteiger charge is 2.31. The van der Waals surface area contributed by atoms with Crippen LogP contribution in [0.2, 0.25) is 0 Å². The molecule has 388 valence electrons. The molecule has 11 amide bonds. The van der Waals surface area contributed by atoms with Gasteiger partial charge in [0.2, 0.25) is 65.0 Å². The van der Waals surface area contributed by atoms with Crippen molar-refractivity contribution >= 4 is 82.9 Å². The van der Waals surface area contributed by atoms with Gasteiger partial charge in [-0.3, -0.25) is 67.5 Å². The van der Waals surface area contributed by atoms with E-state index < -0.39 is 148 Å². The van der Waals surface area contributed by atoms with Crippen LogP contribution in [-0.2, 0) is 57.5 Å². The molecule has 0 aliphatic rings. The van der Waals surface area contributed by atoms with Crippen LogP contribution in [0.4, 0.5) is 0 Å². The van der Waals surface area contributed by atoms with E-state index in [1.807, 2.05) is 0 Å². The first-order valence-corrected chi connectivity index (χ1v) is 21.2. The number of carbonyl (C=O) groups is 12. The Bertz CT molecular complexity index is 1860. The van der Waals surface area contributed by atoms with E-state index in [-0.39, 0.29) is 69.6 Å². The van der Waals surface area contributed by atoms with Crippen molar-refractivity contribution in [3.63, 3.8) is 0 Å². The molecule has 0 fully saturated rings. The maximum atomic E-state index is 13.7. The molecule has 0 radical (unpaired) electrons. The summed E-state index contributed by atoms with van der Waals surface area (Å²) in [5.41, 5.74) is 26.6. The molecule has 4 atom stereocenters. The van der Waals surface area contributed by atoms with E-state index in [9.17, 15) is 62.6 Å². The van der Waals surface area contributed by atoms with Gasteiger partial charge in [-0.2, -0.15) is 0 Å². The van der Waals surface area contributed by atoms with Crippen LogP contribution in [0.5, 0.6) is 0 Å². The van der Waals surface area contributed by atoms with E-state index in [4.69, 9.17) is 33.8 Å². The fraction of sp³-hybridized carbons (Fsp3) is 0.622. The van der Waals surface area contributed by atoms with Crippen LogP contribution in [0.15, 0.2) is 9.98 Å². The molecule has 23 N–H and O–H groups in total. The van der Waals surface area contributed by atoms with Crippen molar-refractivity contribution in [2.24, 2.45) is 44.6 Å². The Kier molecular flexibility index (Phi) is 30.5. The molecule has 0 aromatic rings. The highest BCUT2D eigenvalue weighted by molar-refractivity contribution is 5.97. The highest BCUT2D eigenvalue weighted by Crippen LogP contribution is 2.07. The third-order valence-corrected chi connectivity index (χ3v) is 8.61. The lowest BCUT2D eigenvalue weighted by Crippen LogP contribution is -2.59. The number of carboxylic acids is 1. The zero-order chi connectivity index (χ0) is 52.5. The average Bonchev–Trinajstić information content (AvgIpc) is 3.29. The molecule has 0 unspecified atom stereocenters. The van der Waals surface area contributed by atoms with Crippen LogP contribution in [-0.4, -0.2) is 189 Å². The molecule has 0 heterocycles. The second kappa shape index (κ2) is 34.4. The largest absolute Gasteiger partial charge is 0.480 e. The predicted molar refractivity (Wildman–Crippen MR) is 242 cm³/mol. The second-order valence-corrected chi connectivity index (χ2v) is 15.0. The molecule has 69 heavy (non-hydrogen) atoms. The lowest BCUT2D eigenvalue weighted by atomic mass is 10.0. The standard InChI is InChI=1S/C37H66N18O14/c1-19(2)9-22(32(66)51-17-31(64)65)54-35(69)23(18-56)55-34(68)21(6-4-8-44-37(41)42)53-33(67)20(5-3-7-43-36(39)40)52-30(63)16-50-29(62)15-49-28(61)14-48-27(60)13-47-26(59)12-46-25(58)11-45-24(57)10-38/h19-23,56H,3-18,38H2,1-2H3,(H,45,57)(H,46,58)(H,47,59)(H,48,60)(H,49,61)(H,50,62)(H,51,66)(H,52,63)(H,53,67)(H,54,69)(H,55,68)(H,64,65)(H4,39,40,43)(H4,41,42,44)/t20-,21-,22-,23-/m0/s1. The van der Waals surface area contributed by atoms with Crippen LogP contribution in [0.1, 0.15) is 46.0 Å². The molecular weight excluding hydrogens is 921 g/mol. The summed E-state index contributed by atoms with van der Waals surface area (Å²) in [5.74, 6) is -11.2. The molecule has 0 saturated carbocycles. The number of guanidine groups is 2. The van der Waals surface area contributed by atoms with Crippen molar-refractivity contribution < 1.29 is 67.7 Å². The highest BCUT2D eigenvalue weighted by atomic mass is 16.4. The minimum atomic E-state index is -1.67. The number of rotatable bonds is 34. The van der Waals surface area contributed by atoms with Crippen LogP contribution < -0.4 is 87.2 Å². The van der Waals surface area contributed by atoms with Gasteiger partial charge in [-0.15, -0.1) is 0 Å². The molecule has 0 aliphatic heterocycles. The van der Waals surface area contributed by atoms with Gasteiger partial charge in [0.25, 0.3) is 0 Å². The lowest BCUT2D eigenvalue weighted by molar-refractivity contribution is -0.139. The summed E-state index contributed by atoms with van der Waals surface area (Å²) in [6.07, 6.45) is -0.0137. The number of hydrogen-bond donors (Lipinski definition) is 18. The Morgan fingerprint density at radius 3 is 1.16 bits per heavy atom.